The molecule has 0 aliphatic heterocycles. The molecule has 2 aromatic rings. The predicted octanol–water partition coefficient (Wildman–Crippen LogP) is 2.41. The molecule has 6 heteroatoms. The summed E-state index contributed by atoms with van der Waals surface area (Å²) in [7, 11) is 0. The summed E-state index contributed by atoms with van der Waals surface area (Å²) in [6.07, 6.45) is 3.24. The first-order chi connectivity index (χ1) is 9.31. The van der Waals surface area contributed by atoms with Crippen LogP contribution in [-0.2, 0) is 6.54 Å². The maximum Gasteiger partial charge on any atom is 0.346 e. The van der Waals surface area contributed by atoms with Crippen LogP contribution in [0.4, 0.5) is 0 Å². The number of hydrogen-bond donors (Lipinski definition) is 0. The highest BCUT2D eigenvalue weighted by molar-refractivity contribution is 7.13. The van der Waals surface area contributed by atoms with Crippen molar-refractivity contribution in [2.45, 2.75) is 38.3 Å². The SMILES string of the molecule is N#CCCCn1nc(-c2cccs2)n(C2CC2)c1=O. The van der Waals surface area contributed by atoms with Crippen LogP contribution in [0.25, 0.3) is 10.7 Å². The van der Waals surface area contributed by atoms with Crippen LogP contribution in [0.5, 0.6) is 0 Å². The molecule has 1 aliphatic carbocycles. The average Bonchev–Trinajstić information content (AvgIpc) is 2.99. The minimum Gasteiger partial charge on any atom is -0.271 e. The van der Waals surface area contributed by atoms with E-state index >= 15 is 0 Å². The van der Waals surface area contributed by atoms with Gasteiger partial charge in [0.2, 0.25) is 0 Å². The van der Waals surface area contributed by atoms with Crippen molar-refractivity contribution in [3.63, 3.8) is 0 Å². The van der Waals surface area contributed by atoms with Crippen molar-refractivity contribution < 1.29 is 0 Å². The summed E-state index contributed by atoms with van der Waals surface area (Å²) in [5, 5.41) is 15.0. The molecule has 3 rings (SSSR count). The molecule has 1 aliphatic rings. The van der Waals surface area contributed by atoms with Crippen LogP contribution in [-0.4, -0.2) is 14.3 Å². The van der Waals surface area contributed by atoms with Crippen molar-refractivity contribution in [2.75, 3.05) is 0 Å². The molecule has 0 radical (unpaired) electrons. The standard InChI is InChI=1S/C13H14N4OS/c14-7-1-2-8-16-13(18)17(10-5-6-10)12(15-16)11-4-3-9-19-11/h3-4,9-10H,1-2,5-6,8H2. The Labute approximate surface area is 114 Å². The lowest BCUT2D eigenvalue weighted by atomic mass is 10.3. The second-order valence-electron chi connectivity index (χ2n) is 4.67. The van der Waals surface area contributed by atoms with E-state index in [0.29, 0.717) is 25.4 Å². The Hall–Kier alpha value is -1.87. The topological polar surface area (TPSA) is 63.6 Å². The highest BCUT2D eigenvalue weighted by atomic mass is 32.1. The van der Waals surface area contributed by atoms with Crippen LogP contribution < -0.4 is 5.69 Å². The van der Waals surface area contributed by atoms with Gasteiger partial charge in [-0.2, -0.15) is 5.26 Å². The molecule has 0 bridgehead atoms. The molecule has 0 atom stereocenters. The van der Waals surface area contributed by atoms with Gasteiger partial charge in [-0.15, -0.1) is 16.4 Å². The highest BCUT2D eigenvalue weighted by Gasteiger charge is 2.30. The summed E-state index contributed by atoms with van der Waals surface area (Å²) in [4.78, 5) is 13.4. The van der Waals surface area contributed by atoms with Crippen molar-refractivity contribution in [3.8, 4) is 16.8 Å². The van der Waals surface area contributed by atoms with E-state index in [-0.39, 0.29) is 5.69 Å². The number of aryl methyl sites for hydroxylation is 1. The number of unbranched alkanes of at least 4 members (excludes halogenated alkanes) is 1. The van der Waals surface area contributed by atoms with E-state index in [9.17, 15) is 4.79 Å². The minimum absolute atomic E-state index is 0.0381. The molecule has 1 saturated carbocycles. The van der Waals surface area contributed by atoms with Crippen molar-refractivity contribution in [1.29, 1.82) is 5.26 Å². The molecule has 0 N–H and O–H groups in total. The molecule has 0 saturated heterocycles. The summed E-state index contributed by atoms with van der Waals surface area (Å²) in [6, 6.07) is 6.37. The maximum absolute atomic E-state index is 12.3. The van der Waals surface area contributed by atoms with Gasteiger partial charge in [0.05, 0.1) is 10.9 Å². The Morgan fingerprint density at radius 1 is 1.53 bits per heavy atom. The van der Waals surface area contributed by atoms with Gasteiger partial charge in [0.1, 0.15) is 0 Å². The zero-order valence-electron chi connectivity index (χ0n) is 10.5. The van der Waals surface area contributed by atoms with E-state index in [0.717, 1.165) is 23.5 Å². The fourth-order valence-corrected chi connectivity index (χ4v) is 2.81. The Bertz CT molecular complexity index is 658. The summed E-state index contributed by atoms with van der Waals surface area (Å²) in [6.45, 7) is 0.518. The first-order valence-electron chi connectivity index (χ1n) is 6.41. The third-order valence-electron chi connectivity index (χ3n) is 3.18. The summed E-state index contributed by atoms with van der Waals surface area (Å²) < 4.78 is 3.32. The quantitative estimate of drug-likeness (QED) is 0.786. The molecule has 0 aromatic carbocycles. The molecule has 0 unspecified atom stereocenters. The van der Waals surface area contributed by atoms with E-state index in [1.165, 1.54) is 4.68 Å². The number of nitrogens with zero attached hydrogens (tertiary/aromatic N) is 4. The Balaban J connectivity index is 1.97. The van der Waals surface area contributed by atoms with Crippen LogP contribution in [0.1, 0.15) is 31.7 Å². The Morgan fingerprint density at radius 2 is 2.37 bits per heavy atom. The molecule has 5 nitrogen and oxygen atoms in total. The van der Waals surface area contributed by atoms with E-state index in [2.05, 4.69) is 11.2 Å². The second-order valence-corrected chi connectivity index (χ2v) is 5.62. The van der Waals surface area contributed by atoms with Gasteiger partial charge in [-0.25, -0.2) is 9.48 Å². The molecular weight excluding hydrogens is 260 g/mol. The molecule has 0 amide bonds. The van der Waals surface area contributed by atoms with E-state index in [4.69, 9.17) is 5.26 Å². The molecule has 19 heavy (non-hydrogen) atoms. The molecular formula is C13H14N4OS. The zero-order valence-corrected chi connectivity index (χ0v) is 11.3. The van der Waals surface area contributed by atoms with Gasteiger partial charge in [0.25, 0.3) is 0 Å². The molecule has 1 fully saturated rings. The van der Waals surface area contributed by atoms with Gasteiger partial charge in [-0.05, 0) is 30.7 Å². The van der Waals surface area contributed by atoms with Gasteiger partial charge in [-0.3, -0.25) is 4.57 Å². The number of aromatic nitrogens is 3. The monoisotopic (exact) mass is 274 g/mol. The largest absolute Gasteiger partial charge is 0.346 e. The summed E-state index contributed by atoms with van der Waals surface area (Å²) in [5.41, 5.74) is -0.0381. The second kappa shape index (κ2) is 5.02. The van der Waals surface area contributed by atoms with Gasteiger partial charge in [-0.1, -0.05) is 6.07 Å². The lowest BCUT2D eigenvalue weighted by Crippen LogP contribution is -2.24. The van der Waals surface area contributed by atoms with Crippen molar-refractivity contribution in [3.05, 3.63) is 28.0 Å². The smallest absolute Gasteiger partial charge is 0.271 e. The van der Waals surface area contributed by atoms with Gasteiger partial charge < -0.3 is 0 Å². The van der Waals surface area contributed by atoms with Crippen LogP contribution in [0, 0.1) is 11.3 Å². The third kappa shape index (κ3) is 2.34. The fraction of sp³-hybridized carbons (Fsp3) is 0.462. The highest BCUT2D eigenvalue weighted by Crippen LogP contribution is 2.37. The average molecular weight is 274 g/mol. The van der Waals surface area contributed by atoms with Crippen LogP contribution in [0.15, 0.2) is 22.3 Å². The van der Waals surface area contributed by atoms with Crippen LogP contribution >= 0.6 is 11.3 Å². The lowest BCUT2D eigenvalue weighted by molar-refractivity contribution is 0.553. The van der Waals surface area contributed by atoms with Gasteiger partial charge in [0, 0.05) is 19.0 Å². The number of hydrogen-bond acceptors (Lipinski definition) is 4. The summed E-state index contributed by atoms with van der Waals surface area (Å²) >= 11 is 1.60. The lowest BCUT2D eigenvalue weighted by Gasteiger charge is -1.99. The van der Waals surface area contributed by atoms with Crippen molar-refractivity contribution in [2.24, 2.45) is 0 Å². The van der Waals surface area contributed by atoms with Gasteiger partial charge >= 0.3 is 5.69 Å². The normalized spacial score (nSPS) is 14.5. The Kier molecular flexibility index (Phi) is 3.22. The number of nitriles is 1. The first-order valence-corrected chi connectivity index (χ1v) is 7.29. The zero-order chi connectivity index (χ0) is 13.2. The number of thiophene rings is 1. The third-order valence-corrected chi connectivity index (χ3v) is 4.05. The molecule has 2 heterocycles. The van der Waals surface area contributed by atoms with E-state index in [1.807, 2.05) is 22.1 Å². The van der Waals surface area contributed by atoms with Crippen LogP contribution in [0.2, 0.25) is 0 Å². The number of rotatable bonds is 5. The molecule has 98 valence electrons. The first kappa shape index (κ1) is 12.2. The Morgan fingerprint density at radius 3 is 3.00 bits per heavy atom. The maximum atomic E-state index is 12.3. The minimum atomic E-state index is -0.0381. The van der Waals surface area contributed by atoms with Crippen molar-refractivity contribution in [1.82, 2.24) is 14.3 Å². The van der Waals surface area contributed by atoms with Crippen molar-refractivity contribution >= 4 is 11.3 Å². The fourth-order valence-electron chi connectivity index (χ4n) is 2.11. The molecule has 0 spiro atoms. The van der Waals surface area contributed by atoms with E-state index < -0.39 is 0 Å². The summed E-state index contributed by atoms with van der Waals surface area (Å²) in [5.74, 6) is 0.777. The van der Waals surface area contributed by atoms with Gasteiger partial charge in [0.15, 0.2) is 5.82 Å². The van der Waals surface area contributed by atoms with Crippen LogP contribution in [0.3, 0.4) is 0 Å². The predicted molar refractivity (Wildman–Crippen MR) is 72.9 cm³/mol. The molecule has 2 aromatic heterocycles. The van der Waals surface area contributed by atoms with E-state index in [1.54, 1.807) is 11.3 Å².